The number of nitrogens with one attached hydrogen (secondary N) is 1. The van der Waals surface area contributed by atoms with Gasteiger partial charge in [0.2, 0.25) is 0 Å². The fourth-order valence-electron chi connectivity index (χ4n) is 2.51. The van der Waals surface area contributed by atoms with E-state index in [1.807, 2.05) is 0 Å². The van der Waals surface area contributed by atoms with Gasteiger partial charge in [-0.15, -0.1) is 0 Å². The Labute approximate surface area is 116 Å². The average Bonchev–Trinajstić information content (AvgIpc) is 2.41. The van der Waals surface area contributed by atoms with Crippen LogP contribution in [0.3, 0.4) is 0 Å². The number of carboxylic acid groups (broad SMARTS) is 1. The second-order valence-electron chi connectivity index (χ2n) is 5.07. The van der Waals surface area contributed by atoms with Crippen molar-refractivity contribution in [3.63, 3.8) is 0 Å². The predicted octanol–water partition coefficient (Wildman–Crippen LogP) is 1.47. The van der Waals surface area contributed by atoms with Crippen molar-refractivity contribution in [3.8, 4) is 11.5 Å². The molecule has 2 rings (SSSR count). The standard InChI is InChI=1S/C14H17NO5/c16-10-4-5-12(17)11(7-10)13(18)15-9-3-1-2-8(6-9)14(19)20/h4-5,7-9,16-17H,1-3,6H2,(H,15,18)(H,19,20). The monoisotopic (exact) mass is 279 g/mol. The summed E-state index contributed by atoms with van der Waals surface area (Å²) in [6.45, 7) is 0. The van der Waals surface area contributed by atoms with Crippen molar-refractivity contribution < 1.29 is 24.9 Å². The maximum Gasteiger partial charge on any atom is 0.306 e. The van der Waals surface area contributed by atoms with Crippen LogP contribution in [0.25, 0.3) is 0 Å². The quantitative estimate of drug-likeness (QED) is 0.627. The minimum atomic E-state index is -0.843. The molecule has 2 atom stereocenters. The number of phenols is 2. The van der Waals surface area contributed by atoms with Crippen molar-refractivity contribution in [2.45, 2.75) is 31.7 Å². The van der Waals surface area contributed by atoms with Gasteiger partial charge in [-0.05, 0) is 37.5 Å². The molecule has 0 aliphatic heterocycles. The summed E-state index contributed by atoms with van der Waals surface area (Å²) in [5.74, 6) is -2.11. The van der Waals surface area contributed by atoms with Crippen LogP contribution in [0.4, 0.5) is 0 Å². The molecule has 1 fully saturated rings. The molecule has 1 aromatic carbocycles. The molecule has 2 unspecified atom stereocenters. The van der Waals surface area contributed by atoms with Gasteiger partial charge in [0.25, 0.3) is 5.91 Å². The van der Waals surface area contributed by atoms with Gasteiger partial charge >= 0.3 is 5.97 Å². The molecular weight excluding hydrogens is 262 g/mol. The summed E-state index contributed by atoms with van der Waals surface area (Å²) < 4.78 is 0. The average molecular weight is 279 g/mol. The summed E-state index contributed by atoms with van der Waals surface area (Å²) in [4.78, 5) is 23.0. The van der Waals surface area contributed by atoms with Crippen molar-refractivity contribution >= 4 is 11.9 Å². The Morgan fingerprint density at radius 3 is 2.65 bits per heavy atom. The molecule has 20 heavy (non-hydrogen) atoms. The van der Waals surface area contributed by atoms with E-state index in [9.17, 15) is 19.8 Å². The maximum absolute atomic E-state index is 12.0. The van der Waals surface area contributed by atoms with Crippen LogP contribution in [0.1, 0.15) is 36.0 Å². The molecule has 0 aromatic heterocycles. The van der Waals surface area contributed by atoms with E-state index in [1.165, 1.54) is 18.2 Å². The molecule has 108 valence electrons. The Morgan fingerprint density at radius 1 is 1.20 bits per heavy atom. The number of carbonyl (C=O) groups is 2. The third kappa shape index (κ3) is 3.20. The zero-order chi connectivity index (χ0) is 14.7. The summed E-state index contributed by atoms with van der Waals surface area (Å²) in [6, 6.07) is 3.49. The van der Waals surface area contributed by atoms with Crippen molar-refractivity contribution in [2.75, 3.05) is 0 Å². The summed E-state index contributed by atoms with van der Waals surface area (Å²) >= 11 is 0. The number of carbonyl (C=O) groups excluding carboxylic acids is 1. The van der Waals surface area contributed by atoms with Gasteiger partial charge in [-0.2, -0.15) is 0 Å². The fourth-order valence-corrected chi connectivity index (χ4v) is 2.51. The van der Waals surface area contributed by atoms with E-state index >= 15 is 0 Å². The predicted molar refractivity (Wildman–Crippen MR) is 70.6 cm³/mol. The first kappa shape index (κ1) is 14.2. The molecule has 6 nitrogen and oxygen atoms in total. The molecule has 0 heterocycles. The van der Waals surface area contributed by atoms with Gasteiger partial charge in [0.15, 0.2) is 0 Å². The molecule has 0 radical (unpaired) electrons. The zero-order valence-corrected chi connectivity index (χ0v) is 10.9. The van der Waals surface area contributed by atoms with Crippen molar-refractivity contribution in [3.05, 3.63) is 23.8 Å². The fraction of sp³-hybridized carbons (Fsp3) is 0.429. The second kappa shape index (κ2) is 5.81. The number of amides is 1. The van der Waals surface area contributed by atoms with E-state index in [1.54, 1.807) is 0 Å². The largest absolute Gasteiger partial charge is 0.508 e. The van der Waals surface area contributed by atoms with Crippen molar-refractivity contribution in [2.24, 2.45) is 5.92 Å². The Hall–Kier alpha value is -2.24. The highest BCUT2D eigenvalue weighted by Crippen LogP contribution is 2.26. The molecule has 0 bridgehead atoms. The zero-order valence-electron chi connectivity index (χ0n) is 10.9. The van der Waals surface area contributed by atoms with E-state index in [4.69, 9.17) is 5.11 Å². The molecule has 4 N–H and O–H groups in total. The number of benzene rings is 1. The molecule has 0 spiro atoms. The highest BCUT2D eigenvalue weighted by molar-refractivity contribution is 5.97. The molecule has 1 aromatic rings. The lowest BCUT2D eigenvalue weighted by atomic mass is 9.85. The van der Waals surface area contributed by atoms with Gasteiger partial charge in [0, 0.05) is 6.04 Å². The van der Waals surface area contributed by atoms with Crippen LogP contribution >= 0.6 is 0 Å². The maximum atomic E-state index is 12.0. The van der Waals surface area contributed by atoms with Crippen LogP contribution < -0.4 is 5.32 Å². The molecule has 1 amide bonds. The van der Waals surface area contributed by atoms with Gasteiger partial charge in [-0.25, -0.2) is 0 Å². The minimum Gasteiger partial charge on any atom is -0.508 e. The van der Waals surface area contributed by atoms with Crippen LogP contribution in [0.2, 0.25) is 0 Å². The number of hydrogen-bond donors (Lipinski definition) is 4. The molecule has 1 saturated carbocycles. The van der Waals surface area contributed by atoms with E-state index in [0.717, 1.165) is 12.8 Å². The van der Waals surface area contributed by atoms with Crippen molar-refractivity contribution in [1.29, 1.82) is 0 Å². The first-order valence-electron chi connectivity index (χ1n) is 6.53. The smallest absolute Gasteiger partial charge is 0.306 e. The van der Waals surface area contributed by atoms with Crippen LogP contribution in [-0.2, 0) is 4.79 Å². The van der Waals surface area contributed by atoms with Gasteiger partial charge in [-0.1, -0.05) is 6.42 Å². The van der Waals surface area contributed by atoms with E-state index in [2.05, 4.69) is 5.32 Å². The van der Waals surface area contributed by atoms with Crippen LogP contribution in [-0.4, -0.2) is 33.2 Å². The summed E-state index contributed by atoms with van der Waals surface area (Å²) in [5, 5.41) is 30.7. The van der Waals surface area contributed by atoms with E-state index < -0.39 is 17.8 Å². The minimum absolute atomic E-state index is 0.0116. The van der Waals surface area contributed by atoms with Gasteiger partial charge < -0.3 is 20.6 Å². The first-order valence-corrected chi connectivity index (χ1v) is 6.53. The number of hydrogen-bond acceptors (Lipinski definition) is 4. The van der Waals surface area contributed by atoms with Gasteiger partial charge in [0.05, 0.1) is 11.5 Å². The lowest BCUT2D eigenvalue weighted by molar-refractivity contribution is -0.143. The molecule has 0 saturated heterocycles. The number of aromatic hydroxyl groups is 2. The normalized spacial score (nSPS) is 22.2. The topological polar surface area (TPSA) is 107 Å². The van der Waals surface area contributed by atoms with E-state index in [-0.39, 0.29) is 23.1 Å². The first-order chi connectivity index (χ1) is 9.47. The third-order valence-corrected chi connectivity index (χ3v) is 3.58. The molecule has 1 aliphatic carbocycles. The molecular formula is C14H17NO5. The SMILES string of the molecule is O=C(NC1CCCC(C(=O)O)C1)c1cc(O)ccc1O. The second-order valence-corrected chi connectivity index (χ2v) is 5.07. The number of rotatable bonds is 3. The van der Waals surface area contributed by atoms with Crippen LogP contribution in [0.15, 0.2) is 18.2 Å². The van der Waals surface area contributed by atoms with E-state index in [0.29, 0.717) is 12.8 Å². The Bertz CT molecular complexity index is 528. The highest BCUT2D eigenvalue weighted by atomic mass is 16.4. The van der Waals surface area contributed by atoms with Crippen LogP contribution in [0, 0.1) is 5.92 Å². The Morgan fingerprint density at radius 2 is 1.95 bits per heavy atom. The molecule has 6 heteroatoms. The Kier molecular flexibility index (Phi) is 4.12. The number of phenolic OH excluding ortho intramolecular Hbond substituents is 2. The summed E-state index contributed by atoms with van der Waals surface area (Å²) in [5.41, 5.74) is -0.0116. The number of aliphatic carboxylic acids is 1. The van der Waals surface area contributed by atoms with Gasteiger partial charge in [0.1, 0.15) is 11.5 Å². The molecule has 1 aliphatic rings. The van der Waals surface area contributed by atoms with Gasteiger partial charge in [-0.3, -0.25) is 9.59 Å². The number of carboxylic acids is 1. The van der Waals surface area contributed by atoms with Crippen molar-refractivity contribution in [1.82, 2.24) is 5.32 Å². The Balaban J connectivity index is 2.04. The highest BCUT2D eigenvalue weighted by Gasteiger charge is 2.28. The van der Waals surface area contributed by atoms with Crippen LogP contribution in [0.5, 0.6) is 11.5 Å². The lowest BCUT2D eigenvalue weighted by Gasteiger charge is -2.27. The summed E-state index contributed by atoms with van der Waals surface area (Å²) in [7, 11) is 0. The third-order valence-electron chi connectivity index (χ3n) is 3.58. The lowest BCUT2D eigenvalue weighted by Crippen LogP contribution is -2.39. The summed E-state index contributed by atoms with van der Waals surface area (Å²) in [6.07, 6.45) is 2.47.